The van der Waals surface area contributed by atoms with E-state index in [-0.39, 0.29) is 6.61 Å². The number of pyridine rings is 1. The molecule has 0 spiro atoms. The van der Waals surface area contributed by atoms with Crippen LogP contribution in [0.3, 0.4) is 0 Å². The molecular formula is C16H16N2O2. The molecule has 1 unspecified atom stereocenters. The summed E-state index contributed by atoms with van der Waals surface area (Å²) in [6.45, 7) is 0.0792. The molecule has 20 heavy (non-hydrogen) atoms. The highest BCUT2D eigenvalue weighted by Crippen LogP contribution is 2.22. The van der Waals surface area contributed by atoms with Crippen molar-refractivity contribution in [2.24, 2.45) is 0 Å². The Kier molecular flexibility index (Phi) is 3.50. The summed E-state index contributed by atoms with van der Waals surface area (Å²) in [5, 5.41) is 23.4. The fraction of sp³-hybridized carbons (Fsp3) is 0.188. The smallest absolute Gasteiger partial charge is 0.0942 e. The SMILES string of the molecule is OCC(O)CNc1ccc2nc3ccccc3cc2c1. The van der Waals surface area contributed by atoms with Gasteiger partial charge in [-0.3, -0.25) is 0 Å². The number of hydrogen-bond donors (Lipinski definition) is 3. The van der Waals surface area contributed by atoms with Gasteiger partial charge < -0.3 is 15.5 Å². The van der Waals surface area contributed by atoms with Crippen LogP contribution >= 0.6 is 0 Å². The molecule has 0 saturated heterocycles. The number of nitrogens with one attached hydrogen (secondary N) is 1. The molecule has 102 valence electrons. The van der Waals surface area contributed by atoms with E-state index in [0.717, 1.165) is 27.5 Å². The molecule has 1 aromatic heterocycles. The second kappa shape index (κ2) is 5.45. The van der Waals surface area contributed by atoms with Gasteiger partial charge in [-0.1, -0.05) is 18.2 Å². The zero-order valence-electron chi connectivity index (χ0n) is 11.0. The summed E-state index contributed by atoms with van der Waals surface area (Å²) in [5.74, 6) is 0. The van der Waals surface area contributed by atoms with E-state index in [4.69, 9.17) is 5.11 Å². The van der Waals surface area contributed by atoms with Gasteiger partial charge in [-0.15, -0.1) is 0 Å². The van der Waals surface area contributed by atoms with Crippen molar-refractivity contribution in [2.75, 3.05) is 18.5 Å². The van der Waals surface area contributed by atoms with Crippen molar-refractivity contribution in [3.8, 4) is 0 Å². The van der Waals surface area contributed by atoms with Crippen LogP contribution in [0.25, 0.3) is 21.8 Å². The van der Waals surface area contributed by atoms with Crippen molar-refractivity contribution in [1.82, 2.24) is 4.98 Å². The van der Waals surface area contributed by atoms with Gasteiger partial charge in [0, 0.05) is 23.0 Å². The highest BCUT2D eigenvalue weighted by molar-refractivity contribution is 5.93. The number of rotatable bonds is 4. The Bertz CT molecular complexity index is 743. The van der Waals surface area contributed by atoms with Crippen LogP contribution in [0.2, 0.25) is 0 Å². The predicted octanol–water partition coefficient (Wildman–Crippen LogP) is 2.15. The Morgan fingerprint density at radius 3 is 2.65 bits per heavy atom. The zero-order valence-corrected chi connectivity index (χ0v) is 11.0. The number of fused-ring (bicyclic) bond motifs is 2. The van der Waals surface area contributed by atoms with E-state index < -0.39 is 6.10 Å². The Hall–Kier alpha value is -2.17. The standard InChI is InChI=1S/C16H16N2O2/c19-10-14(20)9-17-13-5-6-16-12(8-13)7-11-3-1-2-4-15(11)18-16/h1-8,14,17,19-20H,9-10H2. The maximum absolute atomic E-state index is 9.35. The van der Waals surface area contributed by atoms with Crippen molar-refractivity contribution in [1.29, 1.82) is 0 Å². The largest absolute Gasteiger partial charge is 0.394 e. The molecule has 1 heterocycles. The van der Waals surface area contributed by atoms with E-state index in [0.29, 0.717) is 6.54 Å². The van der Waals surface area contributed by atoms with E-state index in [1.807, 2.05) is 42.5 Å². The summed E-state index contributed by atoms with van der Waals surface area (Å²) in [7, 11) is 0. The van der Waals surface area contributed by atoms with Crippen molar-refractivity contribution < 1.29 is 10.2 Å². The maximum Gasteiger partial charge on any atom is 0.0942 e. The predicted molar refractivity (Wildman–Crippen MR) is 80.8 cm³/mol. The van der Waals surface area contributed by atoms with E-state index in [2.05, 4.69) is 16.4 Å². The number of aliphatic hydroxyl groups excluding tert-OH is 2. The highest BCUT2D eigenvalue weighted by atomic mass is 16.3. The van der Waals surface area contributed by atoms with Crippen molar-refractivity contribution in [3.05, 3.63) is 48.5 Å². The minimum Gasteiger partial charge on any atom is -0.394 e. The molecule has 1 atom stereocenters. The van der Waals surface area contributed by atoms with Crippen molar-refractivity contribution >= 4 is 27.5 Å². The molecule has 0 radical (unpaired) electrons. The average molecular weight is 268 g/mol. The van der Waals surface area contributed by atoms with Gasteiger partial charge in [0.15, 0.2) is 0 Å². The first-order valence-corrected chi connectivity index (χ1v) is 6.58. The van der Waals surface area contributed by atoms with Crippen LogP contribution < -0.4 is 5.32 Å². The number of anilines is 1. The number of aromatic nitrogens is 1. The Labute approximate surface area is 116 Å². The molecule has 0 aliphatic heterocycles. The molecule has 4 heteroatoms. The minimum absolute atomic E-state index is 0.243. The minimum atomic E-state index is -0.750. The third-order valence-corrected chi connectivity index (χ3v) is 3.27. The fourth-order valence-electron chi connectivity index (χ4n) is 2.19. The van der Waals surface area contributed by atoms with E-state index in [1.165, 1.54) is 0 Å². The van der Waals surface area contributed by atoms with Gasteiger partial charge in [-0.2, -0.15) is 0 Å². The van der Waals surface area contributed by atoms with Crippen LogP contribution in [0.1, 0.15) is 0 Å². The lowest BCUT2D eigenvalue weighted by atomic mass is 10.1. The summed E-state index contributed by atoms with van der Waals surface area (Å²) in [4.78, 5) is 4.61. The Balaban J connectivity index is 1.95. The quantitative estimate of drug-likeness (QED) is 0.634. The number of hydrogen-bond acceptors (Lipinski definition) is 4. The van der Waals surface area contributed by atoms with Crippen LogP contribution in [0.4, 0.5) is 5.69 Å². The van der Waals surface area contributed by atoms with Crippen LogP contribution in [0.15, 0.2) is 48.5 Å². The average Bonchev–Trinajstić information content (AvgIpc) is 2.50. The molecule has 0 saturated carbocycles. The van der Waals surface area contributed by atoms with Gasteiger partial charge in [-0.25, -0.2) is 4.98 Å². The van der Waals surface area contributed by atoms with Gasteiger partial charge >= 0.3 is 0 Å². The number of benzene rings is 2. The Morgan fingerprint density at radius 1 is 1.00 bits per heavy atom. The number of nitrogens with zero attached hydrogens (tertiary/aromatic N) is 1. The van der Waals surface area contributed by atoms with Crippen molar-refractivity contribution in [3.63, 3.8) is 0 Å². The molecule has 3 N–H and O–H groups in total. The third-order valence-electron chi connectivity index (χ3n) is 3.27. The second-order valence-corrected chi connectivity index (χ2v) is 4.81. The summed E-state index contributed by atoms with van der Waals surface area (Å²) in [6.07, 6.45) is -0.750. The normalized spacial score (nSPS) is 12.7. The third kappa shape index (κ3) is 2.57. The van der Waals surface area contributed by atoms with Gasteiger partial charge in [0.2, 0.25) is 0 Å². The molecule has 0 bridgehead atoms. The van der Waals surface area contributed by atoms with Crippen LogP contribution in [-0.2, 0) is 0 Å². The first kappa shape index (κ1) is 12.8. The molecule has 3 aromatic rings. The lowest BCUT2D eigenvalue weighted by molar-refractivity contribution is 0.105. The van der Waals surface area contributed by atoms with Crippen LogP contribution in [0, 0.1) is 0 Å². The molecule has 0 aliphatic rings. The van der Waals surface area contributed by atoms with Crippen molar-refractivity contribution in [2.45, 2.75) is 6.10 Å². The summed E-state index contributed by atoms with van der Waals surface area (Å²) in [5.41, 5.74) is 2.83. The summed E-state index contributed by atoms with van der Waals surface area (Å²) < 4.78 is 0. The highest BCUT2D eigenvalue weighted by Gasteiger charge is 2.03. The first-order chi connectivity index (χ1) is 9.76. The van der Waals surface area contributed by atoms with Gasteiger partial charge in [0.05, 0.1) is 23.7 Å². The van der Waals surface area contributed by atoms with E-state index >= 15 is 0 Å². The monoisotopic (exact) mass is 268 g/mol. The molecule has 4 nitrogen and oxygen atoms in total. The maximum atomic E-state index is 9.35. The summed E-state index contributed by atoms with van der Waals surface area (Å²) in [6, 6.07) is 16.0. The molecule has 0 amide bonds. The lowest BCUT2D eigenvalue weighted by Crippen LogP contribution is -2.22. The first-order valence-electron chi connectivity index (χ1n) is 6.58. The molecule has 0 aliphatic carbocycles. The molecular weight excluding hydrogens is 252 g/mol. The summed E-state index contributed by atoms with van der Waals surface area (Å²) >= 11 is 0. The Morgan fingerprint density at radius 2 is 1.80 bits per heavy atom. The fourth-order valence-corrected chi connectivity index (χ4v) is 2.19. The van der Waals surface area contributed by atoms with E-state index in [9.17, 15) is 5.11 Å². The zero-order chi connectivity index (χ0) is 13.9. The van der Waals surface area contributed by atoms with Crippen LogP contribution in [-0.4, -0.2) is 34.5 Å². The molecule has 3 rings (SSSR count). The number of aliphatic hydroxyl groups is 2. The molecule has 0 fully saturated rings. The lowest BCUT2D eigenvalue weighted by Gasteiger charge is -2.11. The second-order valence-electron chi connectivity index (χ2n) is 4.81. The van der Waals surface area contributed by atoms with E-state index in [1.54, 1.807) is 0 Å². The van der Waals surface area contributed by atoms with Gasteiger partial charge in [0.25, 0.3) is 0 Å². The topological polar surface area (TPSA) is 65.4 Å². The number of para-hydroxylation sites is 1. The van der Waals surface area contributed by atoms with Gasteiger partial charge in [0.1, 0.15) is 0 Å². The van der Waals surface area contributed by atoms with Gasteiger partial charge in [-0.05, 0) is 30.3 Å². The van der Waals surface area contributed by atoms with Crippen LogP contribution in [0.5, 0.6) is 0 Å². The molecule has 2 aromatic carbocycles.